The third kappa shape index (κ3) is 4.69. The molecule has 1 atom stereocenters. The molecule has 0 aliphatic carbocycles. The van der Waals surface area contributed by atoms with Crippen LogP contribution in [0.25, 0.3) is 0 Å². The molecule has 0 radical (unpaired) electrons. The van der Waals surface area contributed by atoms with E-state index in [0.717, 1.165) is 0 Å². The normalized spacial score (nSPS) is 18.2. The molecular weight excluding hydrogens is 330 g/mol. The Hall–Kier alpha value is -2.11. The minimum absolute atomic E-state index is 0.0391. The molecule has 0 bridgehead atoms. The largest absolute Gasteiger partial charge is 0.444 e. The third-order valence-electron chi connectivity index (χ3n) is 3.44. The van der Waals surface area contributed by atoms with Gasteiger partial charge >= 0.3 is 6.09 Å². The number of carbonyl (C=O) groups excluding carboxylic acids is 1. The zero-order valence-electron chi connectivity index (χ0n) is 13.9. The van der Waals surface area contributed by atoms with E-state index < -0.39 is 21.7 Å². The minimum atomic E-state index is -3.74. The smallest absolute Gasteiger partial charge is 0.410 e. The topological polar surface area (TPSA) is 99.5 Å². The number of sulfonamides is 1. The SMILES string of the molecule is CC(C)(C)OC(=O)N1CCC(NS(=O)(=O)c2cccc(C#N)c2)C1. The van der Waals surface area contributed by atoms with Gasteiger partial charge in [0.2, 0.25) is 10.0 Å². The second kappa shape index (κ2) is 6.79. The number of ether oxygens (including phenoxy) is 1. The lowest BCUT2D eigenvalue weighted by Crippen LogP contribution is -2.40. The number of likely N-dealkylation sites (tertiary alicyclic amines) is 1. The van der Waals surface area contributed by atoms with E-state index in [4.69, 9.17) is 10.00 Å². The van der Waals surface area contributed by atoms with E-state index in [0.29, 0.717) is 13.0 Å². The van der Waals surface area contributed by atoms with Crippen LogP contribution in [-0.2, 0) is 14.8 Å². The summed E-state index contributed by atoms with van der Waals surface area (Å²) in [6, 6.07) is 7.35. The van der Waals surface area contributed by atoms with Gasteiger partial charge in [0, 0.05) is 19.1 Å². The quantitative estimate of drug-likeness (QED) is 0.896. The lowest BCUT2D eigenvalue weighted by Gasteiger charge is -2.24. The maximum atomic E-state index is 12.4. The summed E-state index contributed by atoms with van der Waals surface area (Å²) in [4.78, 5) is 13.5. The number of nitrogens with zero attached hydrogens (tertiary/aromatic N) is 2. The Morgan fingerprint density at radius 1 is 1.42 bits per heavy atom. The fraction of sp³-hybridized carbons (Fsp3) is 0.500. The fourth-order valence-corrected chi connectivity index (χ4v) is 3.68. The molecule has 1 aromatic carbocycles. The third-order valence-corrected chi connectivity index (χ3v) is 4.95. The molecule has 130 valence electrons. The summed E-state index contributed by atoms with van der Waals surface area (Å²) in [6.07, 6.45) is 0.0619. The van der Waals surface area contributed by atoms with Gasteiger partial charge in [0.05, 0.1) is 16.5 Å². The van der Waals surface area contributed by atoms with Gasteiger partial charge in [0.15, 0.2) is 0 Å². The second-order valence-electron chi connectivity index (χ2n) is 6.67. The van der Waals surface area contributed by atoms with Crippen LogP contribution in [0.15, 0.2) is 29.2 Å². The van der Waals surface area contributed by atoms with Gasteiger partial charge < -0.3 is 9.64 Å². The second-order valence-corrected chi connectivity index (χ2v) is 8.39. The number of carbonyl (C=O) groups is 1. The first-order valence-electron chi connectivity index (χ1n) is 7.61. The summed E-state index contributed by atoms with van der Waals surface area (Å²) in [6.45, 7) is 6.03. The van der Waals surface area contributed by atoms with Crippen molar-refractivity contribution < 1.29 is 17.9 Å². The van der Waals surface area contributed by atoms with Gasteiger partial charge in [0.1, 0.15) is 5.60 Å². The maximum absolute atomic E-state index is 12.4. The number of hydrogen-bond donors (Lipinski definition) is 1. The maximum Gasteiger partial charge on any atom is 0.410 e. The molecule has 1 aliphatic rings. The number of hydrogen-bond acceptors (Lipinski definition) is 5. The van der Waals surface area contributed by atoms with E-state index >= 15 is 0 Å². The van der Waals surface area contributed by atoms with Crippen LogP contribution in [0.5, 0.6) is 0 Å². The van der Waals surface area contributed by atoms with Gasteiger partial charge in [-0.05, 0) is 45.4 Å². The van der Waals surface area contributed by atoms with Crippen molar-refractivity contribution in [1.82, 2.24) is 9.62 Å². The highest BCUT2D eigenvalue weighted by Crippen LogP contribution is 2.18. The standard InChI is InChI=1S/C16H21N3O4S/c1-16(2,3)23-15(20)19-8-7-13(11-19)18-24(21,22)14-6-4-5-12(9-14)10-17/h4-6,9,13,18H,7-8,11H2,1-3H3. The molecule has 1 amide bonds. The minimum Gasteiger partial charge on any atom is -0.444 e. The highest BCUT2D eigenvalue weighted by atomic mass is 32.2. The first-order chi connectivity index (χ1) is 11.1. The molecule has 0 saturated carbocycles. The first-order valence-corrected chi connectivity index (χ1v) is 9.09. The van der Waals surface area contributed by atoms with E-state index in [1.54, 1.807) is 26.8 Å². The molecular formula is C16H21N3O4S. The Morgan fingerprint density at radius 2 is 2.12 bits per heavy atom. The van der Waals surface area contributed by atoms with Crippen molar-refractivity contribution in [3.05, 3.63) is 29.8 Å². The Bertz CT molecular complexity index is 762. The molecule has 1 saturated heterocycles. The molecule has 1 N–H and O–H groups in total. The van der Waals surface area contributed by atoms with Gasteiger partial charge in [-0.15, -0.1) is 0 Å². The average Bonchev–Trinajstić information content (AvgIpc) is 2.93. The molecule has 1 fully saturated rings. The summed E-state index contributed by atoms with van der Waals surface area (Å²) in [5, 5.41) is 8.88. The summed E-state index contributed by atoms with van der Waals surface area (Å²) < 4.78 is 32.7. The number of benzene rings is 1. The van der Waals surface area contributed by atoms with Crippen LogP contribution in [0, 0.1) is 11.3 Å². The molecule has 0 spiro atoms. The predicted octanol–water partition coefficient (Wildman–Crippen LogP) is 1.85. The van der Waals surface area contributed by atoms with Gasteiger partial charge in [-0.25, -0.2) is 17.9 Å². The summed E-state index contributed by atoms with van der Waals surface area (Å²) in [7, 11) is -3.74. The van der Waals surface area contributed by atoms with E-state index in [1.165, 1.54) is 23.1 Å². The Balaban J connectivity index is 2.02. The van der Waals surface area contributed by atoms with E-state index in [9.17, 15) is 13.2 Å². The van der Waals surface area contributed by atoms with Gasteiger partial charge in [-0.1, -0.05) is 6.07 Å². The summed E-state index contributed by atoms with van der Waals surface area (Å²) in [5.74, 6) is 0. The van der Waals surface area contributed by atoms with Crippen LogP contribution in [0.2, 0.25) is 0 Å². The molecule has 1 heterocycles. The molecule has 0 aromatic heterocycles. The molecule has 7 nitrogen and oxygen atoms in total. The van der Waals surface area contributed by atoms with Crippen LogP contribution in [0.4, 0.5) is 4.79 Å². The molecule has 1 aromatic rings. The van der Waals surface area contributed by atoms with Crippen LogP contribution in [0.3, 0.4) is 0 Å². The zero-order chi connectivity index (χ0) is 18.0. The molecule has 1 aliphatic heterocycles. The predicted molar refractivity (Wildman–Crippen MR) is 87.7 cm³/mol. The number of nitriles is 1. The first kappa shape index (κ1) is 18.2. The monoisotopic (exact) mass is 351 g/mol. The number of amides is 1. The highest BCUT2D eigenvalue weighted by molar-refractivity contribution is 7.89. The summed E-state index contributed by atoms with van der Waals surface area (Å²) in [5.41, 5.74) is -0.313. The Morgan fingerprint density at radius 3 is 2.75 bits per heavy atom. The van der Waals surface area contributed by atoms with Crippen molar-refractivity contribution in [2.24, 2.45) is 0 Å². The van der Waals surface area contributed by atoms with Crippen molar-refractivity contribution in [3.63, 3.8) is 0 Å². The number of rotatable bonds is 3. The molecule has 2 rings (SSSR count). The van der Waals surface area contributed by atoms with Crippen molar-refractivity contribution >= 4 is 16.1 Å². The van der Waals surface area contributed by atoms with E-state index in [2.05, 4.69) is 4.72 Å². The lowest BCUT2D eigenvalue weighted by molar-refractivity contribution is 0.0292. The molecule has 8 heteroatoms. The zero-order valence-corrected chi connectivity index (χ0v) is 14.8. The Labute approximate surface area is 142 Å². The van der Waals surface area contributed by atoms with Gasteiger partial charge in [-0.2, -0.15) is 5.26 Å². The van der Waals surface area contributed by atoms with Crippen LogP contribution < -0.4 is 4.72 Å². The average molecular weight is 351 g/mol. The fourth-order valence-electron chi connectivity index (χ4n) is 2.37. The van der Waals surface area contributed by atoms with Crippen LogP contribution in [-0.4, -0.2) is 44.1 Å². The highest BCUT2D eigenvalue weighted by Gasteiger charge is 2.32. The van der Waals surface area contributed by atoms with Crippen molar-refractivity contribution in [2.75, 3.05) is 13.1 Å². The van der Waals surface area contributed by atoms with Crippen LogP contribution >= 0.6 is 0 Å². The van der Waals surface area contributed by atoms with Crippen molar-refractivity contribution in [2.45, 2.75) is 43.7 Å². The lowest BCUT2D eigenvalue weighted by atomic mass is 10.2. The van der Waals surface area contributed by atoms with Gasteiger partial charge in [-0.3, -0.25) is 0 Å². The van der Waals surface area contributed by atoms with Crippen LogP contribution in [0.1, 0.15) is 32.8 Å². The molecule has 24 heavy (non-hydrogen) atoms. The van der Waals surface area contributed by atoms with E-state index in [1.807, 2.05) is 6.07 Å². The van der Waals surface area contributed by atoms with E-state index in [-0.39, 0.29) is 23.0 Å². The van der Waals surface area contributed by atoms with Crippen molar-refractivity contribution in [1.29, 1.82) is 5.26 Å². The Kier molecular flexibility index (Phi) is 5.16. The van der Waals surface area contributed by atoms with Crippen molar-refractivity contribution in [3.8, 4) is 6.07 Å². The number of nitrogens with one attached hydrogen (secondary N) is 1. The summed E-state index contributed by atoms with van der Waals surface area (Å²) >= 11 is 0. The van der Waals surface area contributed by atoms with Gasteiger partial charge in [0.25, 0.3) is 0 Å². The molecule has 1 unspecified atom stereocenters.